The summed E-state index contributed by atoms with van der Waals surface area (Å²) in [5.41, 5.74) is 3.68. The van der Waals surface area contributed by atoms with Crippen molar-refractivity contribution in [3.05, 3.63) is 59.2 Å². The average Bonchev–Trinajstić information content (AvgIpc) is 2.46. The van der Waals surface area contributed by atoms with E-state index in [0.717, 1.165) is 18.7 Å². The van der Waals surface area contributed by atoms with Crippen molar-refractivity contribution in [1.29, 1.82) is 0 Å². The molecule has 2 N–H and O–H groups in total. The van der Waals surface area contributed by atoms with Crippen molar-refractivity contribution in [3.63, 3.8) is 0 Å². The molecule has 0 aliphatic carbocycles. The van der Waals surface area contributed by atoms with E-state index in [2.05, 4.69) is 17.4 Å². The van der Waals surface area contributed by atoms with E-state index < -0.39 is 0 Å². The van der Waals surface area contributed by atoms with Gasteiger partial charge in [0, 0.05) is 6.54 Å². The molecular formula is C16H17NO2. The first-order chi connectivity index (χ1) is 9.28. The Labute approximate surface area is 112 Å². The molecule has 1 atom stereocenters. The molecule has 2 aromatic rings. The van der Waals surface area contributed by atoms with Crippen molar-refractivity contribution < 1.29 is 9.84 Å². The molecule has 0 unspecified atom stereocenters. The molecule has 98 valence electrons. The lowest BCUT2D eigenvalue weighted by molar-refractivity contribution is 0.414. The molecule has 2 aromatic carbocycles. The van der Waals surface area contributed by atoms with E-state index in [1.807, 2.05) is 24.3 Å². The third-order valence-electron chi connectivity index (χ3n) is 3.63. The van der Waals surface area contributed by atoms with Gasteiger partial charge < -0.3 is 15.2 Å². The fraction of sp³-hybridized carbons (Fsp3) is 0.250. The Morgan fingerprint density at radius 2 is 1.95 bits per heavy atom. The Bertz CT molecular complexity index is 578. The van der Waals surface area contributed by atoms with E-state index in [-0.39, 0.29) is 6.04 Å². The molecule has 0 aromatic heterocycles. The lowest BCUT2D eigenvalue weighted by atomic mass is 9.90. The summed E-state index contributed by atoms with van der Waals surface area (Å²) in [4.78, 5) is 0. The first-order valence-electron chi connectivity index (χ1n) is 6.47. The number of hydrogen-bond donors (Lipinski definition) is 2. The zero-order valence-electron chi connectivity index (χ0n) is 10.9. The van der Waals surface area contributed by atoms with Crippen LogP contribution in [0, 0.1) is 0 Å². The zero-order valence-corrected chi connectivity index (χ0v) is 10.9. The van der Waals surface area contributed by atoms with Crippen molar-refractivity contribution in [2.75, 3.05) is 13.7 Å². The lowest BCUT2D eigenvalue weighted by Crippen LogP contribution is -2.30. The highest BCUT2D eigenvalue weighted by Crippen LogP contribution is 2.31. The van der Waals surface area contributed by atoms with E-state index in [0.29, 0.717) is 5.75 Å². The number of phenols is 1. The predicted octanol–water partition coefficient (Wildman–Crippen LogP) is 2.64. The first-order valence-corrected chi connectivity index (χ1v) is 6.47. The highest BCUT2D eigenvalue weighted by molar-refractivity contribution is 5.44. The summed E-state index contributed by atoms with van der Waals surface area (Å²) >= 11 is 0. The second-order valence-corrected chi connectivity index (χ2v) is 4.79. The van der Waals surface area contributed by atoms with Gasteiger partial charge in [0.1, 0.15) is 11.5 Å². The van der Waals surface area contributed by atoms with Crippen LogP contribution >= 0.6 is 0 Å². The summed E-state index contributed by atoms with van der Waals surface area (Å²) in [6.45, 7) is 0.924. The summed E-state index contributed by atoms with van der Waals surface area (Å²) in [7, 11) is 1.67. The van der Waals surface area contributed by atoms with Crippen molar-refractivity contribution in [1.82, 2.24) is 5.32 Å². The molecule has 19 heavy (non-hydrogen) atoms. The quantitative estimate of drug-likeness (QED) is 0.866. The average molecular weight is 255 g/mol. The molecule has 0 radical (unpaired) electrons. The monoisotopic (exact) mass is 255 g/mol. The Morgan fingerprint density at radius 1 is 1.16 bits per heavy atom. The summed E-state index contributed by atoms with van der Waals surface area (Å²) < 4.78 is 5.19. The molecule has 3 nitrogen and oxygen atoms in total. The smallest absolute Gasteiger partial charge is 0.118 e. The lowest BCUT2D eigenvalue weighted by Gasteiger charge is -2.27. The Kier molecular flexibility index (Phi) is 3.13. The number of phenolic OH excluding ortho intramolecular Hbond substituents is 1. The van der Waals surface area contributed by atoms with Crippen LogP contribution in [0.15, 0.2) is 42.5 Å². The van der Waals surface area contributed by atoms with E-state index in [9.17, 15) is 5.11 Å². The SMILES string of the molecule is COc1ccc([C@H]2NCCc3cc(O)ccc32)cc1. The largest absolute Gasteiger partial charge is 0.508 e. The fourth-order valence-corrected chi connectivity index (χ4v) is 2.65. The van der Waals surface area contributed by atoms with Gasteiger partial charge in [0.05, 0.1) is 13.2 Å². The van der Waals surface area contributed by atoms with Crippen molar-refractivity contribution >= 4 is 0 Å². The number of ether oxygens (including phenoxy) is 1. The van der Waals surface area contributed by atoms with Crippen LogP contribution in [0.5, 0.6) is 11.5 Å². The van der Waals surface area contributed by atoms with Crippen LogP contribution in [0.3, 0.4) is 0 Å². The first kappa shape index (κ1) is 12.1. The van der Waals surface area contributed by atoms with Gasteiger partial charge in [0.25, 0.3) is 0 Å². The number of benzene rings is 2. The second kappa shape index (κ2) is 4.94. The molecule has 0 bridgehead atoms. The minimum Gasteiger partial charge on any atom is -0.508 e. The minimum absolute atomic E-state index is 0.190. The molecule has 1 aliphatic rings. The van der Waals surface area contributed by atoms with Gasteiger partial charge in [0.15, 0.2) is 0 Å². The van der Waals surface area contributed by atoms with E-state index >= 15 is 0 Å². The summed E-state index contributed by atoms with van der Waals surface area (Å²) in [6.07, 6.45) is 0.955. The van der Waals surface area contributed by atoms with Crippen LogP contribution in [-0.2, 0) is 6.42 Å². The predicted molar refractivity (Wildman–Crippen MR) is 74.7 cm³/mol. The molecule has 0 spiro atoms. The van der Waals surface area contributed by atoms with Gasteiger partial charge in [-0.05, 0) is 47.4 Å². The number of nitrogens with one attached hydrogen (secondary N) is 1. The molecule has 3 rings (SSSR count). The molecule has 0 fully saturated rings. The number of aromatic hydroxyl groups is 1. The highest BCUT2D eigenvalue weighted by Gasteiger charge is 2.21. The minimum atomic E-state index is 0.190. The van der Waals surface area contributed by atoms with Crippen LogP contribution in [0.25, 0.3) is 0 Å². The summed E-state index contributed by atoms with van der Waals surface area (Å²) in [5.74, 6) is 1.21. The van der Waals surface area contributed by atoms with Gasteiger partial charge in [-0.1, -0.05) is 18.2 Å². The van der Waals surface area contributed by atoms with Crippen LogP contribution in [0.1, 0.15) is 22.7 Å². The Morgan fingerprint density at radius 3 is 2.68 bits per heavy atom. The van der Waals surface area contributed by atoms with Gasteiger partial charge in [-0.3, -0.25) is 0 Å². The van der Waals surface area contributed by atoms with Crippen molar-refractivity contribution in [2.24, 2.45) is 0 Å². The van der Waals surface area contributed by atoms with Crippen molar-refractivity contribution in [2.45, 2.75) is 12.5 Å². The number of fused-ring (bicyclic) bond motifs is 1. The molecule has 1 heterocycles. The number of methoxy groups -OCH3 is 1. The molecule has 0 amide bonds. The normalized spacial score (nSPS) is 17.8. The van der Waals surface area contributed by atoms with E-state index in [1.54, 1.807) is 13.2 Å². The van der Waals surface area contributed by atoms with E-state index in [1.165, 1.54) is 16.7 Å². The maximum atomic E-state index is 9.58. The topological polar surface area (TPSA) is 41.5 Å². The zero-order chi connectivity index (χ0) is 13.2. The van der Waals surface area contributed by atoms with Crippen molar-refractivity contribution in [3.8, 4) is 11.5 Å². The number of rotatable bonds is 2. The van der Waals surface area contributed by atoms with Crippen LogP contribution in [0.2, 0.25) is 0 Å². The Hall–Kier alpha value is -2.00. The highest BCUT2D eigenvalue weighted by atomic mass is 16.5. The van der Waals surface area contributed by atoms with Gasteiger partial charge >= 0.3 is 0 Å². The number of hydrogen-bond acceptors (Lipinski definition) is 3. The van der Waals surface area contributed by atoms with Gasteiger partial charge in [-0.25, -0.2) is 0 Å². The van der Waals surface area contributed by atoms with Crippen LogP contribution in [0.4, 0.5) is 0 Å². The fourth-order valence-electron chi connectivity index (χ4n) is 2.65. The molecule has 0 saturated carbocycles. The van der Waals surface area contributed by atoms with Gasteiger partial charge in [-0.15, -0.1) is 0 Å². The summed E-state index contributed by atoms with van der Waals surface area (Å²) in [6, 6.07) is 13.9. The molecule has 3 heteroatoms. The maximum absolute atomic E-state index is 9.58. The third kappa shape index (κ3) is 2.29. The van der Waals surface area contributed by atoms with Crippen LogP contribution < -0.4 is 10.1 Å². The third-order valence-corrected chi connectivity index (χ3v) is 3.63. The molecular weight excluding hydrogens is 238 g/mol. The molecule has 1 aliphatic heterocycles. The van der Waals surface area contributed by atoms with Gasteiger partial charge in [0.2, 0.25) is 0 Å². The standard InChI is InChI=1S/C16H17NO2/c1-19-14-5-2-11(3-6-14)16-15-7-4-13(18)10-12(15)8-9-17-16/h2-7,10,16-18H,8-9H2,1H3/t16-/m1/s1. The summed E-state index contributed by atoms with van der Waals surface area (Å²) in [5, 5.41) is 13.1. The van der Waals surface area contributed by atoms with E-state index in [4.69, 9.17) is 4.74 Å². The van der Waals surface area contributed by atoms with Crippen LogP contribution in [-0.4, -0.2) is 18.8 Å². The second-order valence-electron chi connectivity index (χ2n) is 4.79. The maximum Gasteiger partial charge on any atom is 0.118 e. The molecule has 0 saturated heterocycles. The van der Waals surface area contributed by atoms with Gasteiger partial charge in [-0.2, -0.15) is 0 Å². The Balaban J connectivity index is 1.98.